The summed E-state index contributed by atoms with van der Waals surface area (Å²) in [6.45, 7) is 0. The summed E-state index contributed by atoms with van der Waals surface area (Å²) in [6, 6.07) is 2.61. The van der Waals surface area contributed by atoms with Crippen molar-refractivity contribution in [3.8, 4) is 0 Å². The molecule has 0 heterocycles. The van der Waals surface area contributed by atoms with Gasteiger partial charge in [-0.1, -0.05) is 25.1 Å². The summed E-state index contributed by atoms with van der Waals surface area (Å²) in [6.07, 6.45) is 4.19. The number of rotatable bonds is 3. The number of thiocarbonyl (C=S) groups is 1. The van der Waals surface area contributed by atoms with E-state index in [0.29, 0.717) is 0 Å². The molecule has 0 amide bonds. The van der Waals surface area contributed by atoms with Gasteiger partial charge in [0.1, 0.15) is 22.3 Å². The van der Waals surface area contributed by atoms with E-state index in [1.807, 2.05) is 0 Å². The summed E-state index contributed by atoms with van der Waals surface area (Å²) in [7, 11) is 1.73. The lowest BCUT2D eigenvalue weighted by Gasteiger charge is -2.27. The molecule has 2 N–H and O–H groups in total. The molecule has 2 rings (SSSR count). The van der Waals surface area contributed by atoms with Gasteiger partial charge in [0.15, 0.2) is 0 Å². The maximum absolute atomic E-state index is 14.0. The molecule has 1 fully saturated rings. The van der Waals surface area contributed by atoms with Crippen LogP contribution in [0.1, 0.15) is 31.2 Å². The fourth-order valence-electron chi connectivity index (χ4n) is 2.52. The first-order valence-corrected chi connectivity index (χ1v) is 6.43. The van der Waals surface area contributed by atoms with Gasteiger partial charge in [-0.05, 0) is 25.0 Å². The van der Waals surface area contributed by atoms with Crippen LogP contribution in [0.2, 0.25) is 0 Å². The third-order valence-corrected chi connectivity index (χ3v) is 3.76. The number of nitrogens with zero attached hydrogens (tertiary/aromatic N) is 1. The van der Waals surface area contributed by atoms with Crippen LogP contribution in [0.4, 0.5) is 14.5 Å². The molecule has 0 bridgehead atoms. The van der Waals surface area contributed by atoms with Crippen molar-refractivity contribution in [1.82, 2.24) is 0 Å². The zero-order valence-corrected chi connectivity index (χ0v) is 11.1. The highest BCUT2D eigenvalue weighted by Gasteiger charge is 2.24. The first-order valence-electron chi connectivity index (χ1n) is 6.02. The van der Waals surface area contributed by atoms with Crippen molar-refractivity contribution in [3.05, 3.63) is 29.3 Å². The van der Waals surface area contributed by atoms with Crippen LogP contribution in [-0.4, -0.2) is 18.1 Å². The highest BCUT2D eigenvalue weighted by Crippen LogP contribution is 2.31. The van der Waals surface area contributed by atoms with E-state index in [4.69, 9.17) is 18.0 Å². The fourth-order valence-corrected chi connectivity index (χ4v) is 2.64. The lowest BCUT2D eigenvalue weighted by atomic mass is 10.1. The molecule has 1 aromatic carbocycles. The smallest absolute Gasteiger partial charge is 0.150 e. The Morgan fingerprint density at radius 2 is 1.78 bits per heavy atom. The Hall–Kier alpha value is -1.23. The minimum atomic E-state index is -0.604. The van der Waals surface area contributed by atoms with Crippen molar-refractivity contribution in [1.29, 1.82) is 0 Å². The van der Waals surface area contributed by atoms with Crippen molar-refractivity contribution in [2.45, 2.75) is 31.7 Å². The molecule has 0 radical (unpaired) electrons. The Bertz CT molecular complexity index is 447. The van der Waals surface area contributed by atoms with Crippen LogP contribution in [0.3, 0.4) is 0 Å². The molecule has 0 spiro atoms. The van der Waals surface area contributed by atoms with Crippen LogP contribution in [-0.2, 0) is 0 Å². The van der Waals surface area contributed by atoms with Crippen molar-refractivity contribution >= 4 is 22.9 Å². The SMILES string of the molecule is CN(c1c(F)cc(C(N)=S)cc1F)C1CCCC1. The van der Waals surface area contributed by atoms with Gasteiger partial charge in [-0.15, -0.1) is 0 Å². The van der Waals surface area contributed by atoms with Crippen LogP contribution >= 0.6 is 12.2 Å². The molecule has 18 heavy (non-hydrogen) atoms. The quantitative estimate of drug-likeness (QED) is 0.856. The Morgan fingerprint density at radius 1 is 1.28 bits per heavy atom. The van der Waals surface area contributed by atoms with E-state index in [2.05, 4.69) is 0 Å². The standard InChI is InChI=1S/C13H16F2N2S/c1-17(9-4-2-3-5-9)12-10(14)6-8(13(16)18)7-11(12)15/h6-7,9H,2-5H2,1H3,(H2,16,18). The van der Waals surface area contributed by atoms with Gasteiger partial charge in [0, 0.05) is 18.7 Å². The largest absolute Gasteiger partial charge is 0.389 e. The molecular weight excluding hydrogens is 254 g/mol. The minimum Gasteiger partial charge on any atom is -0.389 e. The normalized spacial score (nSPS) is 15.9. The summed E-state index contributed by atoms with van der Waals surface area (Å²) >= 11 is 4.73. The van der Waals surface area contributed by atoms with Crippen LogP contribution < -0.4 is 10.6 Å². The number of anilines is 1. The molecule has 0 atom stereocenters. The fraction of sp³-hybridized carbons (Fsp3) is 0.462. The average Bonchev–Trinajstić information content (AvgIpc) is 2.80. The lowest BCUT2D eigenvalue weighted by Crippen LogP contribution is -2.30. The van der Waals surface area contributed by atoms with E-state index >= 15 is 0 Å². The predicted octanol–water partition coefficient (Wildman–Crippen LogP) is 2.98. The Balaban J connectivity index is 2.35. The van der Waals surface area contributed by atoms with Crippen LogP contribution in [0.25, 0.3) is 0 Å². The average molecular weight is 270 g/mol. The topological polar surface area (TPSA) is 29.3 Å². The monoisotopic (exact) mass is 270 g/mol. The molecule has 0 aromatic heterocycles. The van der Waals surface area contributed by atoms with E-state index in [-0.39, 0.29) is 22.3 Å². The zero-order chi connectivity index (χ0) is 13.3. The molecule has 1 aliphatic carbocycles. The summed E-state index contributed by atoms with van der Waals surface area (Å²) in [5.41, 5.74) is 5.63. The number of benzene rings is 1. The molecule has 0 unspecified atom stereocenters. The summed E-state index contributed by atoms with van der Waals surface area (Å²) in [5.74, 6) is -1.21. The van der Waals surface area contributed by atoms with E-state index in [0.717, 1.165) is 25.7 Å². The first-order chi connectivity index (χ1) is 8.50. The first kappa shape index (κ1) is 13.2. The van der Waals surface area contributed by atoms with Gasteiger partial charge >= 0.3 is 0 Å². The van der Waals surface area contributed by atoms with Gasteiger partial charge in [0.2, 0.25) is 0 Å². The molecule has 98 valence electrons. The second-order valence-corrected chi connectivity index (χ2v) is 5.14. The third kappa shape index (κ3) is 2.46. The third-order valence-electron chi connectivity index (χ3n) is 3.53. The zero-order valence-electron chi connectivity index (χ0n) is 10.2. The molecule has 0 aliphatic heterocycles. The Kier molecular flexibility index (Phi) is 3.80. The molecule has 1 aromatic rings. The van der Waals surface area contributed by atoms with Gasteiger partial charge in [0.05, 0.1) is 0 Å². The van der Waals surface area contributed by atoms with E-state index in [1.165, 1.54) is 12.1 Å². The van der Waals surface area contributed by atoms with Gasteiger partial charge in [-0.3, -0.25) is 0 Å². The lowest BCUT2D eigenvalue weighted by molar-refractivity contribution is 0.554. The summed E-state index contributed by atoms with van der Waals surface area (Å²) in [5, 5.41) is 0. The predicted molar refractivity (Wildman–Crippen MR) is 72.9 cm³/mol. The van der Waals surface area contributed by atoms with Crippen molar-refractivity contribution < 1.29 is 8.78 Å². The minimum absolute atomic E-state index is 0.00266. The highest BCUT2D eigenvalue weighted by molar-refractivity contribution is 7.80. The van der Waals surface area contributed by atoms with E-state index in [9.17, 15) is 8.78 Å². The van der Waals surface area contributed by atoms with Gasteiger partial charge in [0.25, 0.3) is 0 Å². The molecule has 1 saturated carbocycles. The van der Waals surface area contributed by atoms with Crippen LogP contribution in [0, 0.1) is 11.6 Å². The van der Waals surface area contributed by atoms with Gasteiger partial charge < -0.3 is 10.6 Å². The number of hydrogen-bond donors (Lipinski definition) is 1. The summed E-state index contributed by atoms with van der Waals surface area (Å²) in [4.78, 5) is 1.70. The highest BCUT2D eigenvalue weighted by atomic mass is 32.1. The second kappa shape index (κ2) is 5.18. The molecule has 0 saturated heterocycles. The van der Waals surface area contributed by atoms with Crippen molar-refractivity contribution in [2.75, 3.05) is 11.9 Å². The second-order valence-electron chi connectivity index (χ2n) is 4.70. The molecular formula is C13H16F2N2S. The van der Waals surface area contributed by atoms with Gasteiger partial charge in [-0.25, -0.2) is 8.78 Å². The summed E-state index contributed by atoms with van der Waals surface area (Å²) < 4.78 is 28.0. The van der Waals surface area contributed by atoms with E-state index < -0.39 is 11.6 Å². The van der Waals surface area contributed by atoms with Crippen molar-refractivity contribution in [2.24, 2.45) is 5.73 Å². The van der Waals surface area contributed by atoms with Gasteiger partial charge in [-0.2, -0.15) is 0 Å². The van der Waals surface area contributed by atoms with Crippen LogP contribution in [0.15, 0.2) is 12.1 Å². The number of nitrogens with two attached hydrogens (primary N) is 1. The van der Waals surface area contributed by atoms with Crippen molar-refractivity contribution in [3.63, 3.8) is 0 Å². The molecule has 2 nitrogen and oxygen atoms in total. The maximum Gasteiger partial charge on any atom is 0.150 e. The Morgan fingerprint density at radius 3 is 2.22 bits per heavy atom. The molecule has 1 aliphatic rings. The Labute approximate surface area is 111 Å². The number of hydrogen-bond acceptors (Lipinski definition) is 2. The number of halogens is 2. The maximum atomic E-state index is 14.0. The van der Waals surface area contributed by atoms with E-state index in [1.54, 1.807) is 11.9 Å². The van der Waals surface area contributed by atoms with Crippen LogP contribution in [0.5, 0.6) is 0 Å². The molecule has 5 heteroatoms.